The number of nitrogens with one attached hydrogen (secondary N) is 1. The smallest absolute Gasteiger partial charge is 0.234 e. The van der Waals surface area contributed by atoms with Gasteiger partial charge in [-0.1, -0.05) is 13.8 Å². The van der Waals surface area contributed by atoms with Gasteiger partial charge in [-0.25, -0.2) is 0 Å². The monoisotopic (exact) mass is 263 g/mol. The summed E-state index contributed by atoms with van der Waals surface area (Å²) in [4.78, 5) is 13.9. The van der Waals surface area contributed by atoms with Crippen molar-refractivity contribution in [3.05, 3.63) is 0 Å². The maximum atomic E-state index is 11.6. The molecular formula is C12H26ClN3O. The van der Waals surface area contributed by atoms with Crippen LogP contribution in [0, 0.1) is 5.92 Å². The average Bonchev–Trinajstić information content (AvgIpc) is 2.27. The second-order valence-corrected chi connectivity index (χ2v) is 4.74. The molecule has 1 amide bonds. The van der Waals surface area contributed by atoms with Gasteiger partial charge in [-0.05, 0) is 31.7 Å². The van der Waals surface area contributed by atoms with Crippen LogP contribution in [0.3, 0.4) is 0 Å². The van der Waals surface area contributed by atoms with Crippen LogP contribution in [-0.4, -0.2) is 43.0 Å². The molecule has 4 nitrogen and oxygen atoms in total. The van der Waals surface area contributed by atoms with Crippen LogP contribution in [0.1, 0.15) is 33.1 Å². The molecule has 2 unspecified atom stereocenters. The molecule has 0 spiro atoms. The summed E-state index contributed by atoms with van der Waals surface area (Å²) >= 11 is 0. The van der Waals surface area contributed by atoms with Crippen LogP contribution in [0.4, 0.5) is 0 Å². The average molecular weight is 264 g/mol. The summed E-state index contributed by atoms with van der Waals surface area (Å²) < 4.78 is 0. The van der Waals surface area contributed by atoms with E-state index in [4.69, 9.17) is 5.73 Å². The Balaban J connectivity index is 0.00000256. The molecule has 2 atom stereocenters. The second-order valence-electron chi connectivity index (χ2n) is 4.74. The van der Waals surface area contributed by atoms with E-state index < -0.39 is 0 Å². The summed E-state index contributed by atoms with van der Waals surface area (Å²) in [6.45, 7) is 7.23. The Hall–Kier alpha value is -0.320. The van der Waals surface area contributed by atoms with Crippen LogP contribution in [0.5, 0.6) is 0 Å². The fourth-order valence-corrected chi connectivity index (χ4v) is 2.42. The lowest BCUT2D eigenvalue weighted by molar-refractivity contribution is -0.123. The fourth-order valence-electron chi connectivity index (χ4n) is 2.42. The number of hydrogen-bond acceptors (Lipinski definition) is 3. The third-order valence-electron chi connectivity index (χ3n) is 3.39. The lowest BCUT2D eigenvalue weighted by atomic mass is 9.91. The van der Waals surface area contributed by atoms with E-state index in [1.807, 2.05) is 0 Å². The molecule has 1 heterocycles. The van der Waals surface area contributed by atoms with Gasteiger partial charge in [0.2, 0.25) is 5.91 Å². The van der Waals surface area contributed by atoms with Gasteiger partial charge in [0.05, 0.1) is 6.54 Å². The standard InChI is InChI=1S/C12H25N3O.ClH/c1-3-6-14-12(16)9-15-7-4-5-10(2)11(15)8-13;/h10-11H,3-9,13H2,1-2H3,(H,14,16);1H. The molecule has 0 aromatic rings. The molecule has 17 heavy (non-hydrogen) atoms. The van der Waals surface area contributed by atoms with Gasteiger partial charge in [0, 0.05) is 19.1 Å². The number of likely N-dealkylation sites (tertiary alicyclic amines) is 1. The Labute approximate surface area is 111 Å². The molecule has 0 saturated carbocycles. The number of nitrogens with two attached hydrogens (primary N) is 1. The summed E-state index contributed by atoms with van der Waals surface area (Å²) in [6, 6.07) is 0.376. The van der Waals surface area contributed by atoms with Crippen molar-refractivity contribution in [1.29, 1.82) is 0 Å². The SMILES string of the molecule is CCCNC(=O)CN1CCCC(C)C1CN.Cl. The topological polar surface area (TPSA) is 58.4 Å². The highest BCUT2D eigenvalue weighted by atomic mass is 35.5. The minimum Gasteiger partial charge on any atom is -0.355 e. The first-order chi connectivity index (χ1) is 7.69. The third-order valence-corrected chi connectivity index (χ3v) is 3.39. The molecule has 1 aliphatic heterocycles. The van der Waals surface area contributed by atoms with Gasteiger partial charge in [0.15, 0.2) is 0 Å². The summed E-state index contributed by atoms with van der Waals surface area (Å²) in [6.07, 6.45) is 3.40. The fraction of sp³-hybridized carbons (Fsp3) is 0.917. The first kappa shape index (κ1) is 16.7. The maximum absolute atomic E-state index is 11.6. The van der Waals surface area contributed by atoms with E-state index in [1.54, 1.807) is 0 Å². The number of carbonyl (C=O) groups excluding carboxylic acids is 1. The highest BCUT2D eigenvalue weighted by molar-refractivity contribution is 5.85. The van der Waals surface area contributed by atoms with Crippen molar-refractivity contribution < 1.29 is 4.79 Å². The van der Waals surface area contributed by atoms with E-state index in [9.17, 15) is 4.79 Å². The van der Waals surface area contributed by atoms with E-state index >= 15 is 0 Å². The molecule has 5 heteroatoms. The first-order valence-electron chi connectivity index (χ1n) is 6.39. The molecule has 0 bridgehead atoms. The Morgan fingerprint density at radius 1 is 1.53 bits per heavy atom. The first-order valence-corrected chi connectivity index (χ1v) is 6.39. The third kappa shape index (κ3) is 5.23. The van der Waals surface area contributed by atoms with Gasteiger partial charge >= 0.3 is 0 Å². The number of carbonyl (C=O) groups is 1. The van der Waals surface area contributed by atoms with Crippen LogP contribution in [0.2, 0.25) is 0 Å². The Morgan fingerprint density at radius 2 is 2.24 bits per heavy atom. The number of halogens is 1. The molecular weight excluding hydrogens is 238 g/mol. The van der Waals surface area contributed by atoms with Crippen molar-refractivity contribution in [2.24, 2.45) is 11.7 Å². The van der Waals surface area contributed by atoms with Crippen LogP contribution in [-0.2, 0) is 4.79 Å². The lowest BCUT2D eigenvalue weighted by Gasteiger charge is -2.38. The van der Waals surface area contributed by atoms with Crippen LogP contribution in [0.25, 0.3) is 0 Å². The molecule has 1 rings (SSSR count). The summed E-state index contributed by atoms with van der Waals surface area (Å²) in [5.74, 6) is 0.743. The molecule has 102 valence electrons. The van der Waals surface area contributed by atoms with E-state index in [2.05, 4.69) is 24.1 Å². The summed E-state index contributed by atoms with van der Waals surface area (Å²) in [7, 11) is 0. The number of rotatable bonds is 5. The molecule has 1 aliphatic rings. The number of amides is 1. The van der Waals surface area contributed by atoms with Crippen LogP contribution < -0.4 is 11.1 Å². The molecule has 1 saturated heterocycles. The van der Waals surface area contributed by atoms with Crippen molar-refractivity contribution in [3.8, 4) is 0 Å². The van der Waals surface area contributed by atoms with Crippen LogP contribution >= 0.6 is 12.4 Å². The summed E-state index contributed by atoms with van der Waals surface area (Å²) in [5, 5.41) is 2.92. The van der Waals surface area contributed by atoms with Crippen molar-refractivity contribution in [2.45, 2.75) is 39.2 Å². The predicted octanol–water partition coefficient (Wildman–Crippen LogP) is 0.994. The van der Waals surface area contributed by atoms with Gasteiger partial charge in [-0.3, -0.25) is 9.69 Å². The minimum absolute atomic E-state index is 0. The highest BCUT2D eigenvalue weighted by Gasteiger charge is 2.28. The van der Waals surface area contributed by atoms with Crippen molar-refractivity contribution >= 4 is 18.3 Å². The van der Waals surface area contributed by atoms with Crippen molar-refractivity contribution in [1.82, 2.24) is 10.2 Å². The van der Waals surface area contributed by atoms with Gasteiger partial charge in [-0.2, -0.15) is 0 Å². The zero-order valence-corrected chi connectivity index (χ0v) is 11.8. The zero-order valence-electron chi connectivity index (χ0n) is 10.9. The molecule has 0 aromatic heterocycles. The van der Waals surface area contributed by atoms with E-state index in [0.717, 1.165) is 19.5 Å². The van der Waals surface area contributed by atoms with Gasteiger partial charge in [0.1, 0.15) is 0 Å². The zero-order chi connectivity index (χ0) is 12.0. The highest BCUT2D eigenvalue weighted by Crippen LogP contribution is 2.21. The summed E-state index contributed by atoms with van der Waals surface area (Å²) in [5.41, 5.74) is 5.79. The largest absolute Gasteiger partial charge is 0.355 e. The second kappa shape index (κ2) is 8.72. The molecule has 0 aliphatic carbocycles. The molecule has 0 aromatic carbocycles. The molecule has 3 N–H and O–H groups in total. The van der Waals surface area contributed by atoms with Gasteiger partial charge in [-0.15, -0.1) is 12.4 Å². The number of nitrogens with zero attached hydrogens (tertiary/aromatic N) is 1. The Morgan fingerprint density at radius 3 is 2.82 bits per heavy atom. The predicted molar refractivity (Wildman–Crippen MR) is 73.4 cm³/mol. The number of hydrogen-bond donors (Lipinski definition) is 2. The molecule has 0 radical (unpaired) electrons. The van der Waals surface area contributed by atoms with E-state index in [0.29, 0.717) is 25.0 Å². The lowest BCUT2D eigenvalue weighted by Crippen LogP contribution is -2.51. The quantitative estimate of drug-likeness (QED) is 0.778. The maximum Gasteiger partial charge on any atom is 0.234 e. The molecule has 1 fully saturated rings. The van der Waals surface area contributed by atoms with Crippen molar-refractivity contribution in [2.75, 3.05) is 26.2 Å². The van der Waals surface area contributed by atoms with E-state index in [1.165, 1.54) is 12.8 Å². The van der Waals surface area contributed by atoms with Gasteiger partial charge in [0.25, 0.3) is 0 Å². The van der Waals surface area contributed by atoms with E-state index in [-0.39, 0.29) is 18.3 Å². The Kier molecular flexibility index (Phi) is 8.56. The number of piperidine rings is 1. The van der Waals surface area contributed by atoms with Gasteiger partial charge < -0.3 is 11.1 Å². The van der Waals surface area contributed by atoms with Crippen LogP contribution in [0.15, 0.2) is 0 Å². The normalized spacial score (nSPS) is 25.1. The Bertz CT molecular complexity index is 226. The van der Waals surface area contributed by atoms with Crippen molar-refractivity contribution in [3.63, 3.8) is 0 Å². The minimum atomic E-state index is 0.